The van der Waals surface area contributed by atoms with E-state index in [0.717, 1.165) is 20.5 Å². The Morgan fingerprint density at radius 2 is 2.10 bits per heavy atom. The van der Waals surface area contributed by atoms with Gasteiger partial charge in [-0.1, -0.05) is 6.07 Å². The van der Waals surface area contributed by atoms with Crippen LogP contribution in [-0.4, -0.2) is 16.8 Å². The van der Waals surface area contributed by atoms with Crippen molar-refractivity contribution in [3.8, 4) is 0 Å². The number of nitrogens with one attached hydrogen (secondary N) is 1. The third-order valence-corrected chi connectivity index (χ3v) is 4.24. The molecule has 0 aliphatic heterocycles. The predicted octanol–water partition coefficient (Wildman–Crippen LogP) is 3.98. The summed E-state index contributed by atoms with van der Waals surface area (Å²) in [4.78, 5) is 12.9. The molecule has 0 fully saturated rings. The fraction of sp³-hybridized carbons (Fsp3) is 0.438. The molecule has 5 heteroatoms. The summed E-state index contributed by atoms with van der Waals surface area (Å²) in [6.07, 6.45) is -0.413. The monoisotopic (exact) mass is 307 g/mol. The van der Waals surface area contributed by atoms with Gasteiger partial charge in [-0.05, 0) is 56.8 Å². The first-order chi connectivity index (χ1) is 9.78. The summed E-state index contributed by atoms with van der Waals surface area (Å²) < 4.78 is 6.40. The van der Waals surface area contributed by atoms with Crippen LogP contribution in [-0.2, 0) is 11.3 Å². The number of amides is 1. The van der Waals surface area contributed by atoms with E-state index >= 15 is 0 Å². The standard InChI is InChI=1S/C16H21NO3S/c1-10(17-15(19)20-16(2,3)4)14-8-12-7-11(9-18)5-6-13(12)21-14/h5-8,10,18H,9H2,1-4H3,(H,17,19). The minimum absolute atomic E-state index is 0.0346. The number of carbonyl (C=O) groups is 1. The van der Waals surface area contributed by atoms with Gasteiger partial charge >= 0.3 is 6.09 Å². The van der Waals surface area contributed by atoms with Crippen molar-refractivity contribution in [3.63, 3.8) is 0 Å². The Balaban J connectivity index is 2.12. The van der Waals surface area contributed by atoms with E-state index in [-0.39, 0.29) is 12.6 Å². The topological polar surface area (TPSA) is 58.6 Å². The van der Waals surface area contributed by atoms with Gasteiger partial charge in [-0.3, -0.25) is 0 Å². The van der Waals surface area contributed by atoms with Crippen LogP contribution in [0.4, 0.5) is 4.79 Å². The van der Waals surface area contributed by atoms with E-state index in [1.807, 2.05) is 52.0 Å². The Morgan fingerprint density at radius 3 is 2.71 bits per heavy atom. The van der Waals surface area contributed by atoms with Gasteiger partial charge < -0.3 is 15.2 Å². The molecule has 0 spiro atoms. The molecule has 1 amide bonds. The highest BCUT2D eigenvalue weighted by molar-refractivity contribution is 7.19. The van der Waals surface area contributed by atoms with E-state index in [1.165, 1.54) is 0 Å². The van der Waals surface area contributed by atoms with E-state index in [1.54, 1.807) is 11.3 Å². The van der Waals surface area contributed by atoms with Crippen molar-refractivity contribution in [2.75, 3.05) is 0 Å². The zero-order valence-corrected chi connectivity index (χ0v) is 13.6. The molecular weight excluding hydrogens is 286 g/mol. The second kappa shape index (κ2) is 6.03. The molecule has 4 nitrogen and oxygen atoms in total. The number of ether oxygens (including phenoxy) is 1. The molecule has 0 radical (unpaired) electrons. The summed E-state index contributed by atoms with van der Waals surface area (Å²) in [6, 6.07) is 7.80. The smallest absolute Gasteiger partial charge is 0.408 e. The van der Waals surface area contributed by atoms with Crippen LogP contribution in [0.15, 0.2) is 24.3 Å². The van der Waals surface area contributed by atoms with Gasteiger partial charge in [-0.15, -0.1) is 11.3 Å². The van der Waals surface area contributed by atoms with Crippen LogP contribution in [0.2, 0.25) is 0 Å². The van der Waals surface area contributed by atoms with Gasteiger partial charge in [0.05, 0.1) is 12.6 Å². The molecule has 1 heterocycles. The minimum Gasteiger partial charge on any atom is -0.444 e. The van der Waals surface area contributed by atoms with Crippen LogP contribution in [0.3, 0.4) is 0 Å². The van der Waals surface area contributed by atoms with E-state index in [9.17, 15) is 4.79 Å². The van der Waals surface area contributed by atoms with Gasteiger partial charge in [-0.25, -0.2) is 4.79 Å². The number of hydrogen-bond acceptors (Lipinski definition) is 4. The highest BCUT2D eigenvalue weighted by Crippen LogP contribution is 2.30. The van der Waals surface area contributed by atoms with Crippen molar-refractivity contribution >= 4 is 27.5 Å². The third-order valence-electron chi connectivity index (χ3n) is 2.94. The van der Waals surface area contributed by atoms with Gasteiger partial charge in [-0.2, -0.15) is 0 Å². The van der Waals surface area contributed by atoms with Crippen LogP contribution in [0.1, 0.15) is 44.2 Å². The molecule has 2 rings (SSSR count). The van der Waals surface area contributed by atoms with Crippen LogP contribution in [0, 0.1) is 0 Å². The van der Waals surface area contributed by atoms with Crippen LogP contribution in [0.25, 0.3) is 10.1 Å². The third kappa shape index (κ3) is 4.19. The Morgan fingerprint density at radius 1 is 1.38 bits per heavy atom. The highest BCUT2D eigenvalue weighted by atomic mass is 32.1. The number of alkyl carbamates (subject to hydrolysis) is 1. The van der Waals surface area contributed by atoms with Crippen molar-refractivity contribution in [2.24, 2.45) is 0 Å². The first kappa shape index (κ1) is 15.8. The normalized spacial score (nSPS) is 13.2. The van der Waals surface area contributed by atoms with Gasteiger partial charge in [0, 0.05) is 9.58 Å². The molecular formula is C16H21NO3S. The lowest BCUT2D eigenvalue weighted by Gasteiger charge is -2.21. The summed E-state index contributed by atoms with van der Waals surface area (Å²) >= 11 is 1.63. The lowest BCUT2D eigenvalue weighted by atomic mass is 10.1. The Hall–Kier alpha value is -1.59. The number of thiophene rings is 1. The minimum atomic E-state index is -0.500. The molecule has 0 bridgehead atoms. The van der Waals surface area contributed by atoms with Gasteiger partial charge in [0.1, 0.15) is 5.60 Å². The van der Waals surface area contributed by atoms with E-state index < -0.39 is 11.7 Å². The maximum Gasteiger partial charge on any atom is 0.408 e. The number of rotatable bonds is 3. The molecule has 21 heavy (non-hydrogen) atoms. The number of hydrogen-bond donors (Lipinski definition) is 2. The molecule has 0 saturated heterocycles. The Labute approximate surface area is 128 Å². The Bertz CT molecular complexity index is 642. The molecule has 114 valence electrons. The molecule has 1 atom stereocenters. The predicted molar refractivity (Wildman–Crippen MR) is 85.5 cm³/mol. The van der Waals surface area contributed by atoms with Crippen molar-refractivity contribution in [2.45, 2.75) is 45.9 Å². The van der Waals surface area contributed by atoms with Crippen LogP contribution in [0.5, 0.6) is 0 Å². The van der Waals surface area contributed by atoms with Crippen molar-refractivity contribution in [3.05, 3.63) is 34.7 Å². The quantitative estimate of drug-likeness (QED) is 0.901. The van der Waals surface area contributed by atoms with E-state index in [2.05, 4.69) is 5.32 Å². The SMILES string of the molecule is CC(NC(=O)OC(C)(C)C)c1cc2cc(CO)ccc2s1. The van der Waals surface area contributed by atoms with Crippen molar-refractivity contribution < 1.29 is 14.6 Å². The number of aliphatic hydroxyl groups is 1. The zero-order valence-electron chi connectivity index (χ0n) is 12.8. The number of carbonyl (C=O) groups excluding carboxylic acids is 1. The highest BCUT2D eigenvalue weighted by Gasteiger charge is 2.19. The number of aliphatic hydroxyl groups excluding tert-OH is 1. The van der Waals surface area contributed by atoms with Crippen LogP contribution >= 0.6 is 11.3 Å². The lowest BCUT2D eigenvalue weighted by molar-refractivity contribution is 0.0509. The fourth-order valence-electron chi connectivity index (χ4n) is 1.98. The summed E-state index contributed by atoms with van der Waals surface area (Å²) in [7, 11) is 0. The zero-order chi connectivity index (χ0) is 15.6. The summed E-state index contributed by atoms with van der Waals surface area (Å²) in [5.74, 6) is 0. The van der Waals surface area contributed by atoms with E-state index in [0.29, 0.717) is 0 Å². The second-order valence-corrected chi connectivity index (χ2v) is 7.16. The largest absolute Gasteiger partial charge is 0.444 e. The average molecular weight is 307 g/mol. The van der Waals surface area contributed by atoms with Gasteiger partial charge in [0.15, 0.2) is 0 Å². The molecule has 2 aromatic rings. The molecule has 1 aromatic carbocycles. The molecule has 1 unspecified atom stereocenters. The number of benzene rings is 1. The van der Waals surface area contributed by atoms with Crippen molar-refractivity contribution in [1.29, 1.82) is 0 Å². The molecule has 1 aromatic heterocycles. The summed E-state index contributed by atoms with van der Waals surface area (Å²) in [5.41, 5.74) is 0.389. The first-order valence-corrected chi connectivity index (χ1v) is 7.73. The van der Waals surface area contributed by atoms with Gasteiger partial charge in [0.25, 0.3) is 0 Å². The van der Waals surface area contributed by atoms with Crippen LogP contribution < -0.4 is 5.32 Å². The summed E-state index contributed by atoms with van der Waals surface area (Å²) in [5, 5.41) is 13.1. The fourth-order valence-corrected chi connectivity index (χ4v) is 3.03. The van der Waals surface area contributed by atoms with E-state index in [4.69, 9.17) is 9.84 Å². The van der Waals surface area contributed by atoms with Crippen molar-refractivity contribution in [1.82, 2.24) is 5.32 Å². The maximum absolute atomic E-state index is 11.8. The second-order valence-electron chi connectivity index (χ2n) is 6.05. The number of fused-ring (bicyclic) bond motifs is 1. The summed E-state index contributed by atoms with van der Waals surface area (Å²) in [6.45, 7) is 7.49. The molecule has 0 aliphatic rings. The first-order valence-electron chi connectivity index (χ1n) is 6.91. The Kier molecular flexibility index (Phi) is 4.54. The molecule has 0 aliphatic carbocycles. The lowest BCUT2D eigenvalue weighted by Crippen LogP contribution is -2.33. The average Bonchev–Trinajstić information content (AvgIpc) is 2.78. The molecule has 0 saturated carbocycles. The van der Waals surface area contributed by atoms with Gasteiger partial charge in [0.2, 0.25) is 0 Å². The molecule has 2 N–H and O–H groups in total. The maximum atomic E-state index is 11.8.